The van der Waals surface area contributed by atoms with Gasteiger partial charge in [-0.25, -0.2) is 5.84 Å². The van der Waals surface area contributed by atoms with Gasteiger partial charge < -0.3 is 15.9 Å². The van der Waals surface area contributed by atoms with Crippen molar-refractivity contribution in [1.29, 1.82) is 0 Å². The van der Waals surface area contributed by atoms with Crippen molar-refractivity contribution in [3.05, 3.63) is 6.07 Å². The number of anilines is 2. The van der Waals surface area contributed by atoms with E-state index in [9.17, 15) is 0 Å². The predicted molar refractivity (Wildman–Crippen MR) is 70.9 cm³/mol. The van der Waals surface area contributed by atoms with Crippen LogP contribution in [0.15, 0.2) is 6.07 Å². The number of aromatic nitrogens is 2. The molecule has 0 saturated heterocycles. The fraction of sp³-hybridized carbons (Fsp3) is 0.667. The predicted octanol–water partition coefficient (Wildman–Crippen LogP) is 1.69. The molecule has 0 radical (unpaired) electrons. The molecule has 1 aromatic rings. The molecular formula is C12H21N5O. The standard InChI is InChI=1S/C12H21N5O/c1-2-8-5-3-4-6-9(8)18-11-7-10(17-14)15-12(13)16-11/h7-9H,2-6,14H2,1H3,(H3,13,15,16,17). The van der Waals surface area contributed by atoms with E-state index in [0.29, 0.717) is 17.6 Å². The lowest BCUT2D eigenvalue weighted by Gasteiger charge is -2.30. The van der Waals surface area contributed by atoms with Crippen LogP contribution in [0.4, 0.5) is 11.8 Å². The Morgan fingerprint density at radius 3 is 2.89 bits per heavy atom. The van der Waals surface area contributed by atoms with Crippen molar-refractivity contribution in [2.75, 3.05) is 11.2 Å². The Hall–Kier alpha value is -1.56. The molecule has 6 nitrogen and oxygen atoms in total. The number of hydrogen-bond donors (Lipinski definition) is 3. The minimum absolute atomic E-state index is 0.171. The molecule has 1 heterocycles. The normalized spacial score (nSPS) is 23.7. The van der Waals surface area contributed by atoms with Crippen LogP contribution in [0.25, 0.3) is 0 Å². The summed E-state index contributed by atoms with van der Waals surface area (Å²) >= 11 is 0. The molecule has 2 unspecified atom stereocenters. The lowest BCUT2D eigenvalue weighted by atomic mass is 9.85. The number of hydrazine groups is 1. The van der Waals surface area contributed by atoms with Gasteiger partial charge in [-0.15, -0.1) is 0 Å². The van der Waals surface area contributed by atoms with Crippen LogP contribution in [0.5, 0.6) is 5.88 Å². The first-order chi connectivity index (χ1) is 8.72. The fourth-order valence-corrected chi connectivity index (χ4v) is 2.53. The molecule has 6 heteroatoms. The first-order valence-electron chi connectivity index (χ1n) is 6.50. The summed E-state index contributed by atoms with van der Waals surface area (Å²) in [6.45, 7) is 2.20. The summed E-state index contributed by atoms with van der Waals surface area (Å²) in [6.07, 6.45) is 6.16. The highest BCUT2D eigenvalue weighted by Gasteiger charge is 2.25. The zero-order valence-electron chi connectivity index (χ0n) is 10.7. The Labute approximate surface area is 107 Å². The van der Waals surface area contributed by atoms with Gasteiger partial charge in [-0.3, -0.25) is 0 Å². The maximum absolute atomic E-state index is 5.96. The number of nitrogen functional groups attached to an aromatic ring is 2. The number of nitrogens with one attached hydrogen (secondary N) is 1. The van der Waals surface area contributed by atoms with Gasteiger partial charge in [0.15, 0.2) is 0 Å². The van der Waals surface area contributed by atoms with Gasteiger partial charge in [0.25, 0.3) is 0 Å². The van der Waals surface area contributed by atoms with Gasteiger partial charge in [0.2, 0.25) is 11.8 Å². The number of rotatable bonds is 4. The van der Waals surface area contributed by atoms with Gasteiger partial charge in [-0.1, -0.05) is 13.3 Å². The molecule has 100 valence electrons. The molecule has 0 aliphatic heterocycles. The van der Waals surface area contributed by atoms with Crippen molar-refractivity contribution >= 4 is 11.8 Å². The first kappa shape index (κ1) is 12.9. The van der Waals surface area contributed by atoms with Gasteiger partial charge in [0, 0.05) is 6.07 Å². The summed E-state index contributed by atoms with van der Waals surface area (Å²) in [5, 5.41) is 0. The van der Waals surface area contributed by atoms with Gasteiger partial charge in [-0.05, 0) is 31.6 Å². The largest absolute Gasteiger partial charge is 0.474 e. The third kappa shape index (κ3) is 3.01. The molecule has 0 spiro atoms. The molecule has 1 aromatic heterocycles. The zero-order valence-corrected chi connectivity index (χ0v) is 10.7. The maximum atomic E-state index is 5.96. The maximum Gasteiger partial charge on any atom is 0.225 e. The van der Waals surface area contributed by atoms with E-state index in [4.69, 9.17) is 16.3 Å². The van der Waals surface area contributed by atoms with Crippen LogP contribution in [0, 0.1) is 5.92 Å². The Bertz CT molecular complexity index is 398. The number of ether oxygens (including phenoxy) is 1. The molecule has 2 rings (SSSR count). The molecule has 1 saturated carbocycles. The van der Waals surface area contributed by atoms with Gasteiger partial charge in [0.05, 0.1) is 0 Å². The third-order valence-corrected chi connectivity index (χ3v) is 3.50. The highest BCUT2D eigenvalue weighted by Crippen LogP contribution is 2.30. The van der Waals surface area contributed by atoms with Crippen molar-refractivity contribution in [2.45, 2.75) is 45.1 Å². The van der Waals surface area contributed by atoms with E-state index in [1.165, 1.54) is 19.3 Å². The van der Waals surface area contributed by atoms with Crippen LogP contribution in [-0.4, -0.2) is 16.1 Å². The Kier molecular flexibility index (Phi) is 4.19. The van der Waals surface area contributed by atoms with Gasteiger partial charge in [0.1, 0.15) is 11.9 Å². The Morgan fingerprint density at radius 2 is 2.17 bits per heavy atom. The zero-order chi connectivity index (χ0) is 13.0. The summed E-state index contributed by atoms with van der Waals surface area (Å²) < 4.78 is 5.96. The minimum Gasteiger partial charge on any atom is -0.474 e. The Balaban J connectivity index is 2.09. The highest BCUT2D eigenvalue weighted by atomic mass is 16.5. The van der Waals surface area contributed by atoms with E-state index in [1.807, 2.05) is 0 Å². The van der Waals surface area contributed by atoms with Crippen LogP contribution in [-0.2, 0) is 0 Å². The third-order valence-electron chi connectivity index (χ3n) is 3.50. The summed E-state index contributed by atoms with van der Waals surface area (Å²) in [5.41, 5.74) is 8.07. The molecule has 1 fully saturated rings. The van der Waals surface area contributed by atoms with Crippen LogP contribution in [0.1, 0.15) is 39.0 Å². The number of nitrogens with two attached hydrogens (primary N) is 2. The molecule has 0 aromatic carbocycles. The lowest BCUT2D eigenvalue weighted by molar-refractivity contribution is 0.0860. The second-order valence-electron chi connectivity index (χ2n) is 4.70. The van der Waals surface area contributed by atoms with E-state index in [2.05, 4.69) is 22.3 Å². The van der Waals surface area contributed by atoms with Crippen LogP contribution in [0.2, 0.25) is 0 Å². The van der Waals surface area contributed by atoms with Crippen molar-refractivity contribution in [1.82, 2.24) is 9.97 Å². The van der Waals surface area contributed by atoms with E-state index < -0.39 is 0 Å². The molecule has 1 aliphatic rings. The molecule has 0 amide bonds. The van der Waals surface area contributed by atoms with Gasteiger partial charge in [-0.2, -0.15) is 9.97 Å². The van der Waals surface area contributed by atoms with Gasteiger partial charge >= 0.3 is 0 Å². The van der Waals surface area contributed by atoms with Crippen LogP contribution in [0.3, 0.4) is 0 Å². The highest BCUT2D eigenvalue weighted by molar-refractivity contribution is 5.41. The number of hydrogen-bond acceptors (Lipinski definition) is 6. The van der Waals surface area contributed by atoms with Crippen molar-refractivity contribution in [3.63, 3.8) is 0 Å². The van der Waals surface area contributed by atoms with E-state index in [1.54, 1.807) is 6.07 Å². The van der Waals surface area contributed by atoms with Crippen molar-refractivity contribution in [3.8, 4) is 5.88 Å². The van der Waals surface area contributed by atoms with Crippen LogP contribution < -0.4 is 21.7 Å². The quantitative estimate of drug-likeness (QED) is 0.556. The topological polar surface area (TPSA) is 99.1 Å². The average molecular weight is 251 g/mol. The molecule has 2 atom stereocenters. The second kappa shape index (κ2) is 5.86. The minimum atomic E-state index is 0.171. The molecule has 18 heavy (non-hydrogen) atoms. The summed E-state index contributed by atoms with van der Waals surface area (Å²) in [7, 11) is 0. The molecule has 0 bridgehead atoms. The molecular weight excluding hydrogens is 230 g/mol. The lowest BCUT2D eigenvalue weighted by Crippen LogP contribution is -2.30. The fourth-order valence-electron chi connectivity index (χ4n) is 2.53. The van der Waals surface area contributed by atoms with E-state index >= 15 is 0 Å². The van der Waals surface area contributed by atoms with Crippen molar-refractivity contribution in [2.24, 2.45) is 11.8 Å². The molecule has 5 N–H and O–H groups in total. The van der Waals surface area contributed by atoms with E-state index in [0.717, 1.165) is 12.8 Å². The SMILES string of the molecule is CCC1CCCCC1Oc1cc(NN)nc(N)n1. The second-order valence-corrected chi connectivity index (χ2v) is 4.70. The summed E-state index contributed by atoms with van der Waals surface area (Å²) in [6, 6.07) is 1.68. The molecule has 1 aliphatic carbocycles. The van der Waals surface area contributed by atoms with Crippen LogP contribution >= 0.6 is 0 Å². The van der Waals surface area contributed by atoms with Crippen molar-refractivity contribution < 1.29 is 4.74 Å². The first-order valence-corrected chi connectivity index (χ1v) is 6.50. The van der Waals surface area contributed by atoms with E-state index in [-0.39, 0.29) is 12.1 Å². The summed E-state index contributed by atoms with van der Waals surface area (Å²) in [4.78, 5) is 8.03. The number of nitrogens with zero attached hydrogens (tertiary/aromatic N) is 2. The Morgan fingerprint density at radius 1 is 1.39 bits per heavy atom. The monoisotopic (exact) mass is 251 g/mol. The average Bonchev–Trinajstić information content (AvgIpc) is 2.38. The summed E-state index contributed by atoms with van der Waals surface area (Å²) in [5.74, 6) is 7.07. The smallest absolute Gasteiger partial charge is 0.225 e.